The Balaban J connectivity index is 2.59. The van der Waals surface area contributed by atoms with Gasteiger partial charge in [0, 0.05) is 0 Å². The van der Waals surface area contributed by atoms with Crippen molar-refractivity contribution in [3.05, 3.63) is 18.7 Å². The summed E-state index contributed by atoms with van der Waals surface area (Å²) in [5.74, 6) is 0. The molecule has 0 saturated heterocycles. The molecule has 1 N–H and O–H groups in total. The summed E-state index contributed by atoms with van der Waals surface area (Å²) >= 11 is 0. The summed E-state index contributed by atoms with van der Waals surface area (Å²) in [5.41, 5.74) is 0. The number of aliphatic hydroxyl groups is 1. The van der Waals surface area contributed by atoms with Crippen LogP contribution in [0.1, 0.15) is 6.92 Å². The average Bonchev–Trinajstić information content (AvgIpc) is 2.37. The minimum absolute atomic E-state index is 0.175. The summed E-state index contributed by atoms with van der Waals surface area (Å²) < 4.78 is 3.78. The highest BCUT2D eigenvalue weighted by Gasteiger charge is 1.90. The predicted molar refractivity (Wildman–Crippen MR) is 36.2 cm³/mol. The topological polar surface area (TPSA) is 29.0 Å². The first-order valence-corrected chi connectivity index (χ1v) is 3.45. The van der Waals surface area contributed by atoms with Gasteiger partial charge in [-0.25, -0.2) is 0 Å². The molecule has 0 unspecified atom stereocenters. The minimum atomic E-state index is 0.175. The highest BCUT2D eigenvalue weighted by atomic mass is 16.3. The van der Waals surface area contributed by atoms with E-state index in [4.69, 9.17) is 5.11 Å². The van der Waals surface area contributed by atoms with Crippen LogP contribution in [0.5, 0.6) is 0 Å². The molecule has 3 heteroatoms. The van der Waals surface area contributed by atoms with Gasteiger partial charge in [-0.1, -0.05) is 0 Å². The Labute approximate surface area is 60.5 Å². The zero-order chi connectivity index (χ0) is 7.40. The molecule has 0 radical (unpaired) electrons. The summed E-state index contributed by atoms with van der Waals surface area (Å²) in [5, 5.41) is 8.55. The summed E-state index contributed by atoms with van der Waals surface area (Å²) in [7, 11) is 0. The van der Waals surface area contributed by atoms with Crippen molar-refractivity contribution in [2.45, 2.75) is 20.0 Å². The number of hydrogen-bond acceptors (Lipinski definition) is 1. The van der Waals surface area contributed by atoms with Gasteiger partial charge in [-0.05, 0) is 19.3 Å². The number of rotatable bonds is 3. The minimum Gasteiger partial charge on any atom is -0.392 e. The maximum Gasteiger partial charge on any atom is 0.203 e. The summed E-state index contributed by atoms with van der Waals surface area (Å²) in [6.45, 7) is 3.79. The van der Waals surface area contributed by atoms with E-state index in [0.29, 0.717) is 6.54 Å². The molecule has 1 rings (SSSR count). The van der Waals surface area contributed by atoms with Crippen molar-refractivity contribution in [1.29, 1.82) is 0 Å². The second kappa shape index (κ2) is 3.37. The van der Waals surface area contributed by atoms with Crippen molar-refractivity contribution in [3.8, 4) is 0 Å². The Hall–Kier alpha value is -0.830. The van der Waals surface area contributed by atoms with Crippen LogP contribution in [-0.4, -0.2) is 16.3 Å². The van der Waals surface area contributed by atoms with E-state index in [0.717, 1.165) is 6.54 Å². The molecule has 0 aliphatic heterocycles. The Kier molecular flexibility index (Phi) is 2.45. The number of aliphatic hydroxyl groups excluding tert-OH is 1. The van der Waals surface area contributed by atoms with Crippen LogP contribution in [0.3, 0.4) is 0 Å². The highest BCUT2D eigenvalue weighted by Crippen LogP contribution is 1.81. The quantitative estimate of drug-likeness (QED) is 0.448. The Morgan fingerprint density at radius 3 is 3.00 bits per heavy atom. The summed E-state index contributed by atoms with van der Waals surface area (Å²) in [6, 6.07) is 0. The van der Waals surface area contributed by atoms with Crippen LogP contribution in [-0.2, 0) is 13.1 Å². The van der Waals surface area contributed by atoms with Gasteiger partial charge in [-0.2, -0.15) is 0 Å². The lowest BCUT2D eigenvalue weighted by atomic mass is 10.7. The van der Waals surface area contributed by atoms with Gasteiger partial charge in [0.15, 0.2) is 0 Å². The van der Waals surface area contributed by atoms with Gasteiger partial charge in [0.25, 0.3) is 0 Å². The maximum atomic E-state index is 8.55. The second-order valence-corrected chi connectivity index (χ2v) is 2.10. The van der Waals surface area contributed by atoms with E-state index >= 15 is 0 Å². The van der Waals surface area contributed by atoms with Gasteiger partial charge in [-0.3, -0.25) is 0 Å². The molecule has 1 aromatic rings. The van der Waals surface area contributed by atoms with E-state index in [9.17, 15) is 0 Å². The largest absolute Gasteiger partial charge is 0.392 e. The second-order valence-electron chi connectivity index (χ2n) is 2.10. The third-order valence-corrected chi connectivity index (χ3v) is 1.37. The normalized spacial score (nSPS) is 10.2. The highest BCUT2D eigenvalue weighted by molar-refractivity contribution is 4.63. The lowest BCUT2D eigenvalue weighted by Crippen LogP contribution is -2.29. The summed E-state index contributed by atoms with van der Waals surface area (Å²) in [6.07, 6.45) is 6.88. The number of aryl methyl sites for hydroxylation is 1. The lowest BCUT2D eigenvalue weighted by molar-refractivity contribution is -0.697. The van der Waals surface area contributed by atoms with Crippen LogP contribution >= 0.6 is 0 Å². The van der Waals surface area contributed by atoms with E-state index < -0.39 is 0 Å². The van der Waals surface area contributed by atoms with Crippen molar-refractivity contribution >= 4 is 0 Å². The molecule has 0 atom stereocenters. The van der Waals surface area contributed by atoms with Gasteiger partial charge in [0.05, 0.1) is 19.7 Å². The Morgan fingerprint density at radius 1 is 1.70 bits per heavy atom. The third kappa shape index (κ3) is 1.57. The molecule has 0 fully saturated rings. The first-order valence-electron chi connectivity index (χ1n) is 3.45. The Morgan fingerprint density at radius 2 is 2.50 bits per heavy atom. The van der Waals surface area contributed by atoms with E-state index in [2.05, 4.69) is 13.3 Å². The van der Waals surface area contributed by atoms with E-state index in [-0.39, 0.29) is 6.61 Å². The van der Waals surface area contributed by atoms with Gasteiger partial charge < -0.3 is 14.2 Å². The van der Waals surface area contributed by atoms with Gasteiger partial charge in [0.1, 0.15) is 0 Å². The molecule has 0 spiro atoms. The van der Waals surface area contributed by atoms with Crippen LogP contribution in [0.25, 0.3) is 0 Å². The third-order valence-electron chi connectivity index (χ3n) is 1.37. The molecule has 0 aromatic carbocycles. The van der Waals surface area contributed by atoms with Gasteiger partial charge in [0.2, 0.25) is 6.33 Å². The predicted octanol–water partition coefficient (Wildman–Crippen LogP) is -0.412. The molecular formula is C7H12N2O. The molecule has 0 aliphatic rings. The fourth-order valence-electron chi connectivity index (χ4n) is 0.801. The van der Waals surface area contributed by atoms with Crippen LogP contribution in [0.2, 0.25) is 0 Å². The molecule has 0 aliphatic carbocycles. The molecule has 1 aromatic heterocycles. The molecular weight excluding hydrogens is 128 g/mol. The smallest absolute Gasteiger partial charge is 0.203 e. The van der Waals surface area contributed by atoms with Crippen molar-refractivity contribution in [3.63, 3.8) is 0 Å². The molecule has 10 heavy (non-hydrogen) atoms. The van der Waals surface area contributed by atoms with Gasteiger partial charge >= 0.3 is 0 Å². The number of hydrogen-bond donors (Lipinski definition) is 1. The molecule has 1 heterocycles. The van der Waals surface area contributed by atoms with E-state index in [1.54, 1.807) is 0 Å². The van der Waals surface area contributed by atoms with E-state index in [1.165, 1.54) is 0 Å². The van der Waals surface area contributed by atoms with Crippen LogP contribution in [0.4, 0.5) is 0 Å². The van der Waals surface area contributed by atoms with Crippen LogP contribution in [0, 0.1) is 6.33 Å². The van der Waals surface area contributed by atoms with Crippen LogP contribution in [0.15, 0.2) is 12.4 Å². The standard InChI is InChI=1S/C7H12N2O/c1-2-8-3-4-9(7-8)5-6-10/h3-4,10H,2,5-6H2,1H3. The fraction of sp³-hybridized carbons (Fsp3) is 0.571. The monoisotopic (exact) mass is 140 g/mol. The van der Waals surface area contributed by atoms with Crippen LogP contribution < -0.4 is 4.57 Å². The molecule has 0 bridgehead atoms. The average molecular weight is 140 g/mol. The lowest BCUT2D eigenvalue weighted by Gasteiger charge is -1.94. The van der Waals surface area contributed by atoms with Crippen molar-refractivity contribution < 1.29 is 9.67 Å². The molecule has 3 nitrogen and oxygen atoms in total. The SMILES string of the molecule is CC[n+]1[c-]n(CCO)cc1. The maximum absolute atomic E-state index is 8.55. The zero-order valence-corrected chi connectivity index (χ0v) is 6.12. The van der Waals surface area contributed by atoms with Crippen molar-refractivity contribution in [1.82, 2.24) is 4.57 Å². The molecule has 0 saturated carbocycles. The molecule has 0 amide bonds. The number of nitrogens with zero attached hydrogens (tertiary/aromatic N) is 2. The number of imidazole rings is 1. The first-order chi connectivity index (χ1) is 4.86. The number of aromatic nitrogens is 2. The Bertz CT molecular complexity index is 195. The van der Waals surface area contributed by atoms with Crippen molar-refractivity contribution in [2.24, 2.45) is 0 Å². The van der Waals surface area contributed by atoms with Gasteiger partial charge in [-0.15, -0.1) is 0 Å². The summed E-state index contributed by atoms with van der Waals surface area (Å²) in [4.78, 5) is 0. The van der Waals surface area contributed by atoms with Crippen molar-refractivity contribution in [2.75, 3.05) is 6.61 Å². The fourth-order valence-corrected chi connectivity index (χ4v) is 0.801. The molecule has 56 valence electrons. The first kappa shape index (κ1) is 7.28. The van der Waals surface area contributed by atoms with E-state index in [1.807, 2.05) is 21.5 Å². The zero-order valence-electron chi connectivity index (χ0n) is 6.12.